The molecule has 8 nitrogen and oxygen atoms in total. The maximum atomic E-state index is 12.6. The Hall–Kier alpha value is -3.62. The summed E-state index contributed by atoms with van der Waals surface area (Å²) in [5.41, 5.74) is 2.88. The fourth-order valence-corrected chi connectivity index (χ4v) is 4.40. The Kier molecular flexibility index (Phi) is 6.08. The van der Waals surface area contributed by atoms with E-state index in [0.717, 1.165) is 29.9 Å². The van der Waals surface area contributed by atoms with Gasteiger partial charge in [0.1, 0.15) is 5.82 Å². The Morgan fingerprint density at radius 3 is 2.59 bits per heavy atom. The summed E-state index contributed by atoms with van der Waals surface area (Å²) in [6.07, 6.45) is 1.52. The molecule has 2 aromatic heterocycles. The summed E-state index contributed by atoms with van der Waals surface area (Å²) in [6.45, 7) is 3.47. The number of halogens is 1. The average Bonchev–Trinajstić information content (AvgIpc) is 3.48. The Morgan fingerprint density at radius 2 is 1.85 bits per heavy atom. The molecule has 9 heteroatoms. The van der Waals surface area contributed by atoms with Crippen LogP contribution in [0.15, 0.2) is 65.3 Å². The first-order valence-corrected chi connectivity index (χ1v) is 11.4. The number of imidazole rings is 1. The van der Waals surface area contributed by atoms with E-state index in [9.17, 15) is 9.59 Å². The summed E-state index contributed by atoms with van der Waals surface area (Å²) < 4.78 is 7.30. The fourth-order valence-electron chi connectivity index (χ4n) is 4.18. The first-order valence-electron chi connectivity index (χ1n) is 11.1. The normalized spacial score (nSPS) is 14.5. The van der Waals surface area contributed by atoms with Crippen molar-refractivity contribution in [2.24, 2.45) is 7.05 Å². The van der Waals surface area contributed by atoms with Gasteiger partial charge in [0.05, 0.1) is 34.4 Å². The number of piperazine rings is 1. The van der Waals surface area contributed by atoms with Gasteiger partial charge in [-0.25, -0.2) is 4.98 Å². The molecule has 1 saturated heterocycles. The monoisotopic (exact) mass is 477 g/mol. The van der Waals surface area contributed by atoms with Gasteiger partial charge in [0.15, 0.2) is 5.76 Å². The smallest absolute Gasteiger partial charge is 0.289 e. The molecule has 0 spiro atoms. The van der Waals surface area contributed by atoms with E-state index in [0.29, 0.717) is 41.7 Å². The number of amides is 2. The highest BCUT2D eigenvalue weighted by molar-refractivity contribution is 6.34. The van der Waals surface area contributed by atoms with Gasteiger partial charge in [-0.15, -0.1) is 0 Å². The molecule has 1 aliphatic rings. The van der Waals surface area contributed by atoms with Gasteiger partial charge in [0.2, 0.25) is 0 Å². The molecule has 5 rings (SSSR count). The van der Waals surface area contributed by atoms with E-state index in [1.807, 2.05) is 30.1 Å². The predicted octanol–water partition coefficient (Wildman–Crippen LogP) is 4.03. The highest BCUT2D eigenvalue weighted by Gasteiger charge is 2.24. The van der Waals surface area contributed by atoms with E-state index in [4.69, 9.17) is 21.0 Å². The van der Waals surface area contributed by atoms with Crippen molar-refractivity contribution in [2.75, 3.05) is 31.5 Å². The minimum absolute atomic E-state index is 0.0706. The van der Waals surface area contributed by atoms with Gasteiger partial charge in [-0.3, -0.25) is 14.5 Å². The number of fused-ring (bicyclic) bond motifs is 1. The van der Waals surface area contributed by atoms with Crippen molar-refractivity contribution in [3.63, 3.8) is 0 Å². The van der Waals surface area contributed by atoms with Crippen LogP contribution in [0, 0.1) is 0 Å². The number of nitrogens with one attached hydrogen (secondary N) is 1. The van der Waals surface area contributed by atoms with Crippen molar-refractivity contribution < 1.29 is 14.0 Å². The van der Waals surface area contributed by atoms with Crippen molar-refractivity contribution in [1.82, 2.24) is 19.4 Å². The van der Waals surface area contributed by atoms with Crippen LogP contribution in [0.5, 0.6) is 0 Å². The van der Waals surface area contributed by atoms with Crippen LogP contribution in [-0.4, -0.2) is 57.3 Å². The number of rotatable bonds is 5. The molecule has 3 heterocycles. The molecule has 0 bridgehead atoms. The van der Waals surface area contributed by atoms with Gasteiger partial charge in [-0.05, 0) is 42.5 Å². The molecule has 1 N–H and O–H groups in total. The third-order valence-corrected chi connectivity index (χ3v) is 6.44. The maximum Gasteiger partial charge on any atom is 0.289 e. The average molecular weight is 478 g/mol. The number of furan rings is 1. The van der Waals surface area contributed by atoms with Gasteiger partial charge in [0, 0.05) is 38.9 Å². The lowest BCUT2D eigenvalue weighted by molar-refractivity contribution is 0.0594. The van der Waals surface area contributed by atoms with E-state index in [-0.39, 0.29) is 11.8 Å². The number of nitrogens with zero attached hydrogens (tertiary/aromatic N) is 4. The minimum Gasteiger partial charge on any atom is -0.459 e. The van der Waals surface area contributed by atoms with Crippen molar-refractivity contribution in [3.05, 3.63) is 83.0 Å². The molecule has 2 aromatic carbocycles. The zero-order chi connectivity index (χ0) is 23.7. The summed E-state index contributed by atoms with van der Waals surface area (Å²) in [5.74, 6) is 0.971. The molecular formula is C25H24ClN5O3. The van der Waals surface area contributed by atoms with Gasteiger partial charge >= 0.3 is 0 Å². The topological polar surface area (TPSA) is 83.6 Å². The highest BCUT2D eigenvalue weighted by atomic mass is 35.5. The van der Waals surface area contributed by atoms with Gasteiger partial charge in [-0.1, -0.05) is 23.7 Å². The summed E-state index contributed by atoms with van der Waals surface area (Å²) in [6, 6.07) is 16.1. The number of carbonyl (C=O) groups excluding carboxylic acids is 2. The second-order valence-electron chi connectivity index (χ2n) is 8.27. The number of hydrogen-bond acceptors (Lipinski definition) is 5. The van der Waals surface area contributed by atoms with Crippen LogP contribution in [0.1, 0.15) is 26.7 Å². The van der Waals surface area contributed by atoms with Gasteiger partial charge in [-0.2, -0.15) is 0 Å². The van der Waals surface area contributed by atoms with Gasteiger partial charge < -0.3 is 19.2 Å². The maximum absolute atomic E-state index is 12.6. The SMILES string of the molecule is Cn1c(CN2CCN(C(=O)c3ccco3)CC2)nc2cc(NC(=O)c3ccccc3Cl)ccc21. The van der Waals surface area contributed by atoms with Crippen LogP contribution in [0.3, 0.4) is 0 Å². The highest BCUT2D eigenvalue weighted by Crippen LogP contribution is 2.23. The van der Waals surface area contributed by atoms with E-state index < -0.39 is 0 Å². The summed E-state index contributed by atoms with van der Waals surface area (Å²) in [4.78, 5) is 34.0. The fraction of sp³-hybridized carbons (Fsp3) is 0.240. The standard InChI is InChI=1S/C25H24ClN5O3/c1-29-21-9-8-17(27-24(32)18-5-2-3-6-19(18)26)15-20(21)28-23(29)16-30-10-12-31(13-11-30)25(33)22-7-4-14-34-22/h2-9,14-15H,10-13,16H2,1H3,(H,27,32). The third kappa shape index (κ3) is 4.42. The number of hydrogen-bond donors (Lipinski definition) is 1. The summed E-state index contributed by atoms with van der Waals surface area (Å²) in [7, 11) is 1.99. The van der Waals surface area contributed by atoms with Crippen LogP contribution in [0.2, 0.25) is 5.02 Å². The van der Waals surface area contributed by atoms with Crippen molar-refractivity contribution in [3.8, 4) is 0 Å². The molecule has 0 aliphatic carbocycles. The number of carbonyl (C=O) groups is 2. The van der Waals surface area contributed by atoms with E-state index in [1.165, 1.54) is 6.26 Å². The lowest BCUT2D eigenvalue weighted by Gasteiger charge is -2.34. The van der Waals surface area contributed by atoms with Crippen molar-refractivity contribution >= 4 is 40.1 Å². The largest absolute Gasteiger partial charge is 0.459 e. The number of aryl methyl sites for hydroxylation is 1. The van der Waals surface area contributed by atoms with Crippen LogP contribution >= 0.6 is 11.6 Å². The molecule has 4 aromatic rings. The summed E-state index contributed by atoms with van der Waals surface area (Å²) in [5, 5.41) is 3.31. The molecule has 0 unspecified atom stereocenters. The second kappa shape index (κ2) is 9.32. The zero-order valence-electron chi connectivity index (χ0n) is 18.7. The van der Waals surface area contributed by atoms with E-state index in [2.05, 4.69) is 14.8 Å². The lowest BCUT2D eigenvalue weighted by Crippen LogP contribution is -2.48. The lowest BCUT2D eigenvalue weighted by atomic mass is 10.2. The Balaban J connectivity index is 1.25. The Morgan fingerprint density at radius 1 is 1.06 bits per heavy atom. The number of anilines is 1. The molecule has 1 fully saturated rings. The molecule has 0 atom stereocenters. The van der Waals surface area contributed by atoms with Crippen LogP contribution < -0.4 is 5.32 Å². The molecule has 2 amide bonds. The quantitative estimate of drug-likeness (QED) is 0.469. The molecule has 174 valence electrons. The zero-order valence-corrected chi connectivity index (χ0v) is 19.5. The van der Waals surface area contributed by atoms with Crippen LogP contribution in [-0.2, 0) is 13.6 Å². The molecular weight excluding hydrogens is 454 g/mol. The first-order chi connectivity index (χ1) is 16.5. The van der Waals surface area contributed by atoms with E-state index >= 15 is 0 Å². The van der Waals surface area contributed by atoms with Crippen molar-refractivity contribution in [2.45, 2.75) is 6.54 Å². The Bertz CT molecular complexity index is 1340. The Labute approximate surface area is 201 Å². The van der Waals surface area contributed by atoms with Crippen LogP contribution in [0.4, 0.5) is 5.69 Å². The third-order valence-electron chi connectivity index (χ3n) is 6.11. The predicted molar refractivity (Wildman–Crippen MR) is 130 cm³/mol. The second-order valence-corrected chi connectivity index (χ2v) is 8.68. The molecule has 34 heavy (non-hydrogen) atoms. The van der Waals surface area contributed by atoms with E-state index in [1.54, 1.807) is 36.4 Å². The van der Waals surface area contributed by atoms with Crippen molar-refractivity contribution in [1.29, 1.82) is 0 Å². The minimum atomic E-state index is -0.261. The van der Waals surface area contributed by atoms with Gasteiger partial charge in [0.25, 0.3) is 11.8 Å². The van der Waals surface area contributed by atoms with Crippen LogP contribution in [0.25, 0.3) is 11.0 Å². The molecule has 1 aliphatic heterocycles. The summed E-state index contributed by atoms with van der Waals surface area (Å²) >= 11 is 6.14. The number of benzene rings is 2. The number of aromatic nitrogens is 2. The molecule has 0 radical (unpaired) electrons. The first kappa shape index (κ1) is 22.2. The molecule has 0 saturated carbocycles.